The van der Waals surface area contributed by atoms with E-state index in [2.05, 4.69) is 5.10 Å². The van der Waals surface area contributed by atoms with E-state index in [0.717, 1.165) is 5.69 Å². The summed E-state index contributed by atoms with van der Waals surface area (Å²) in [5.41, 5.74) is 2.11. The van der Waals surface area contributed by atoms with Crippen LogP contribution in [0.4, 0.5) is 10.1 Å². The van der Waals surface area contributed by atoms with E-state index in [9.17, 15) is 9.18 Å². The third kappa shape index (κ3) is 2.56. The minimum Gasteiger partial charge on any atom is -0.366 e. The molecule has 5 nitrogen and oxygen atoms in total. The summed E-state index contributed by atoms with van der Waals surface area (Å²) in [6.45, 7) is 4.32. The molecule has 0 N–H and O–H groups in total. The van der Waals surface area contributed by atoms with Crippen molar-refractivity contribution in [1.29, 1.82) is 0 Å². The molecule has 1 aliphatic rings. The minimum absolute atomic E-state index is 0.00113. The highest BCUT2D eigenvalue weighted by Gasteiger charge is 2.25. The van der Waals surface area contributed by atoms with E-state index in [1.165, 1.54) is 6.07 Å². The number of amides is 1. The maximum atomic E-state index is 13.8. The monoisotopic (exact) mass is 302 g/mol. The van der Waals surface area contributed by atoms with Crippen LogP contribution in [0.5, 0.6) is 0 Å². The molecule has 0 saturated carbocycles. The fourth-order valence-corrected chi connectivity index (χ4v) is 2.74. The Morgan fingerprint density at radius 2 is 1.86 bits per heavy atom. The number of nitrogens with zero attached hydrogens (tertiary/aromatic N) is 4. The topological polar surface area (TPSA) is 41.4 Å². The number of carbonyl (C=O) groups is 1. The number of aryl methyl sites for hydroxylation is 1. The largest absolute Gasteiger partial charge is 0.366 e. The van der Waals surface area contributed by atoms with Gasteiger partial charge in [0.1, 0.15) is 5.82 Å². The molecule has 0 unspecified atom stereocenters. The molecule has 0 spiro atoms. The molecule has 1 aliphatic heterocycles. The Morgan fingerprint density at radius 1 is 1.18 bits per heavy atom. The van der Waals surface area contributed by atoms with Crippen LogP contribution in [-0.2, 0) is 7.05 Å². The third-order valence-corrected chi connectivity index (χ3v) is 4.23. The minimum atomic E-state index is -0.217. The zero-order valence-corrected chi connectivity index (χ0v) is 12.8. The molecule has 6 heteroatoms. The zero-order valence-electron chi connectivity index (χ0n) is 12.8. The average molecular weight is 302 g/mol. The van der Waals surface area contributed by atoms with Gasteiger partial charge in [-0.3, -0.25) is 9.48 Å². The van der Waals surface area contributed by atoms with Crippen LogP contribution in [0.15, 0.2) is 30.5 Å². The number of rotatable bonds is 2. The fraction of sp³-hybridized carbons (Fsp3) is 0.375. The first-order valence-corrected chi connectivity index (χ1v) is 7.35. The Hall–Kier alpha value is -2.37. The van der Waals surface area contributed by atoms with Gasteiger partial charge < -0.3 is 9.80 Å². The van der Waals surface area contributed by atoms with Crippen LogP contribution in [0.3, 0.4) is 0 Å². The predicted molar refractivity (Wildman–Crippen MR) is 82.5 cm³/mol. The van der Waals surface area contributed by atoms with Crippen LogP contribution in [0, 0.1) is 12.7 Å². The number of anilines is 1. The van der Waals surface area contributed by atoms with E-state index in [-0.39, 0.29) is 11.7 Å². The van der Waals surface area contributed by atoms with Crippen molar-refractivity contribution in [2.45, 2.75) is 6.92 Å². The molecule has 0 radical (unpaired) electrons. The lowest BCUT2D eigenvalue weighted by atomic mass is 10.2. The molecule has 116 valence electrons. The Morgan fingerprint density at radius 3 is 2.45 bits per heavy atom. The quantitative estimate of drug-likeness (QED) is 0.850. The number of aromatic nitrogens is 2. The smallest absolute Gasteiger partial charge is 0.257 e. The normalized spacial score (nSPS) is 15.2. The summed E-state index contributed by atoms with van der Waals surface area (Å²) in [5, 5.41) is 4.12. The fourth-order valence-electron chi connectivity index (χ4n) is 2.74. The second kappa shape index (κ2) is 5.79. The van der Waals surface area contributed by atoms with Crippen molar-refractivity contribution < 1.29 is 9.18 Å². The summed E-state index contributed by atoms with van der Waals surface area (Å²) in [7, 11) is 1.82. The van der Waals surface area contributed by atoms with Crippen molar-refractivity contribution in [3.05, 3.63) is 47.5 Å². The predicted octanol–water partition coefficient (Wildman–Crippen LogP) is 1.83. The molecule has 2 heterocycles. The second-order valence-corrected chi connectivity index (χ2v) is 5.50. The van der Waals surface area contributed by atoms with Crippen molar-refractivity contribution in [3.63, 3.8) is 0 Å². The molecule has 1 saturated heterocycles. The van der Waals surface area contributed by atoms with E-state index in [1.807, 2.05) is 24.9 Å². The standard InChI is InChI=1S/C16H19FN4O/c1-12-13(11-18-19(12)2)16(22)21-9-7-20(8-10-21)15-6-4-3-5-14(15)17/h3-6,11H,7-10H2,1-2H3. The zero-order chi connectivity index (χ0) is 15.7. The lowest BCUT2D eigenvalue weighted by Gasteiger charge is -2.36. The number of piperazine rings is 1. The molecule has 0 atom stereocenters. The van der Waals surface area contributed by atoms with Gasteiger partial charge in [0.25, 0.3) is 5.91 Å². The molecule has 3 rings (SSSR count). The molecule has 1 amide bonds. The Labute approximate surface area is 128 Å². The van der Waals surface area contributed by atoms with E-state index >= 15 is 0 Å². The first-order chi connectivity index (χ1) is 10.6. The number of hydrogen-bond acceptors (Lipinski definition) is 3. The van der Waals surface area contributed by atoms with E-state index in [4.69, 9.17) is 0 Å². The van der Waals surface area contributed by atoms with Gasteiger partial charge in [-0.1, -0.05) is 12.1 Å². The highest BCUT2D eigenvalue weighted by molar-refractivity contribution is 5.95. The highest BCUT2D eigenvalue weighted by Crippen LogP contribution is 2.21. The SMILES string of the molecule is Cc1c(C(=O)N2CCN(c3ccccc3F)CC2)cnn1C. The van der Waals surface area contributed by atoms with Crippen LogP contribution in [0.1, 0.15) is 16.1 Å². The van der Waals surface area contributed by atoms with Gasteiger partial charge in [-0.2, -0.15) is 5.10 Å². The second-order valence-electron chi connectivity index (χ2n) is 5.50. The summed E-state index contributed by atoms with van der Waals surface area (Å²) < 4.78 is 15.5. The molecule has 1 aromatic heterocycles. The molecule has 0 bridgehead atoms. The van der Waals surface area contributed by atoms with Crippen LogP contribution in [-0.4, -0.2) is 46.8 Å². The first kappa shape index (κ1) is 14.6. The molecule has 0 aliphatic carbocycles. The van der Waals surface area contributed by atoms with Crippen LogP contribution in [0.25, 0.3) is 0 Å². The van der Waals surface area contributed by atoms with Crippen molar-refractivity contribution in [3.8, 4) is 0 Å². The maximum Gasteiger partial charge on any atom is 0.257 e. The van der Waals surface area contributed by atoms with Crippen LogP contribution in [0.2, 0.25) is 0 Å². The molecule has 22 heavy (non-hydrogen) atoms. The molecular weight excluding hydrogens is 283 g/mol. The lowest BCUT2D eigenvalue weighted by molar-refractivity contribution is 0.0746. The van der Waals surface area contributed by atoms with Gasteiger partial charge in [0, 0.05) is 38.9 Å². The lowest BCUT2D eigenvalue weighted by Crippen LogP contribution is -2.49. The number of benzene rings is 1. The molecule has 1 aromatic carbocycles. The number of para-hydroxylation sites is 1. The van der Waals surface area contributed by atoms with Gasteiger partial charge in [-0.25, -0.2) is 4.39 Å². The van der Waals surface area contributed by atoms with Crippen LogP contribution < -0.4 is 4.90 Å². The molecule has 2 aromatic rings. The van der Waals surface area contributed by atoms with E-state index < -0.39 is 0 Å². The van der Waals surface area contributed by atoms with Gasteiger partial charge >= 0.3 is 0 Å². The van der Waals surface area contributed by atoms with E-state index in [0.29, 0.717) is 37.4 Å². The number of carbonyl (C=O) groups excluding carboxylic acids is 1. The third-order valence-electron chi connectivity index (χ3n) is 4.23. The Balaban J connectivity index is 1.68. The van der Waals surface area contributed by atoms with Crippen molar-refractivity contribution in [2.24, 2.45) is 7.05 Å². The highest BCUT2D eigenvalue weighted by atomic mass is 19.1. The number of hydrogen-bond donors (Lipinski definition) is 0. The summed E-state index contributed by atoms with van der Waals surface area (Å²) in [4.78, 5) is 16.3. The summed E-state index contributed by atoms with van der Waals surface area (Å²) in [5.74, 6) is -0.218. The summed E-state index contributed by atoms with van der Waals surface area (Å²) in [6.07, 6.45) is 1.61. The van der Waals surface area contributed by atoms with Crippen molar-refractivity contribution in [1.82, 2.24) is 14.7 Å². The average Bonchev–Trinajstić information content (AvgIpc) is 2.87. The van der Waals surface area contributed by atoms with Gasteiger partial charge in [0.15, 0.2) is 0 Å². The molecule has 1 fully saturated rings. The molecular formula is C16H19FN4O. The van der Waals surface area contributed by atoms with Gasteiger partial charge in [0.05, 0.1) is 17.4 Å². The van der Waals surface area contributed by atoms with Gasteiger partial charge in [0.2, 0.25) is 0 Å². The van der Waals surface area contributed by atoms with Gasteiger partial charge in [-0.15, -0.1) is 0 Å². The van der Waals surface area contributed by atoms with E-state index in [1.54, 1.807) is 27.9 Å². The van der Waals surface area contributed by atoms with Crippen LogP contribution >= 0.6 is 0 Å². The summed E-state index contributed by atoms with van der Waals surface area (Å²) in [6, 6.07) is 6.75. The first-order valence-electron chi connectivity index (χ1n) is 7.35. The number of halogens is 1. The van der Waals surface area contributed by atoms with Gasteiger partial charge in [-0.05, 0) is 19.1 Å². The van der Waals surface area contributed by atoms with Crippen molar-refractivity contribution in [2.75, 3.05) is 31.1 Å². The van der Waals surface area contributed by atoms with Crippen molar-refractivity contribution >= 4 is 11.6 Å². The Kier molecular flexibility index (Phi) is 3.83. The maximum absolute atomic E-state index is 13.8. The Bertz CT molecular complexity index is 689. The summed E-state index contributed by atoms with van der Waals surface area (Å²) >= 11 is 0.